The summed E-state index contributed by atoms with van der Waals surface area (Å²) in [7, 11) is 0. The predicted molar refractivity (Wildman–Crippen MR) is 82.3 cm³/mol. The van der Waals surface area contributed by atoms with Gasteiger partial charge in [0.15, 0.2) is 0 Å². The second-order valence-corrected chi connectivity index (χ2v) is 5.64. The van der Waals surface area contributed by atoms with Crippen molar-refractivity contribution in [1.29, 1.82) is 0 Å². The summed E-state index contributed by atoms with van der Waals surface area (Å²) in [6, 6.07) is 12.3. The van der Waals surface area contributed by atoms with Gasteiger partial charge >= 0.3 is 5.97 Å². The fourth-order valence-corrected chi connectivity index (χ4v) is 3.02. The lowest BCUT2D eigenvalue weighted by molar-refractivity contribution is 0.0697. The zero-order valence-corrected chi connectivity index (χ0v) is 12.2. The highest BCUT2D eigenvalue weighted by Gasteiger charge is 2.21. The van der Waals surface area contributed by atoms with Gasteiger partial charge in [0.1, 0.15) is 5.82 Å². The van der Waals surface area contributed by atoms with Crippen molar-refractivity contribution in [2.45, 2.75) is 31.8 Å². The van der Waals surface area contributed by atoms with E-state index in [4.69, 9.17) is 5.11 Å². The quantitative estimate of drug-likeness (QED) is 0.905. The zero-order valence-electron chi connectivity index (χ0n) is 12.2. The Morgan fingerprint density at radius 3 is 2.73 bits per heavy atom. The number of carboxylic acid groups (broad SMARTS) is 1. The SMILES string of the molecule is O=C(O)c1ccc(CNC2CCCc3c(F)cccc32)cc1. The van der Waals surface area contributed by atoms with Crippen molar-refractivity contribution in [3.63, 3.8) is 0 Å². The average Bonchev–Trinajstić information content (AvgIpc) is 2.54. The lowest BCUT2D eigenvalue weighted by Gasteiger charge is -2.27. The molecule has 0 saturated heterocycles. The number of benzene rings is 2. The number of rotatable bonds is 4. The summed E-state index contributed by atoms with van der Waals surface area (Å²) in [4.78, 5) is 10.8. The molecule has 3 rings (SSSR count). The van der Waals surface area contributed by atoms with Crippen molar-refractivity contribution in [3.8, 4) is 0 Å². The smallest absolute Gasteiger partial charge is 0.335 e. The largest absolute Gasteiger partial charge is 0.478 e. The van der Waals surface area contributed by atoms with E-state index in [2.05, 4.69) is 5.32 Å². The number of halogens is 1. The molecule has 1 unspecified atom stereocenters. The Morgan fingerprint density at radius 2 is 2.00 bits per heavy atom. The van der Waals surface area contributed by atoms with Gasteiger partial charge in [-0.1, -0.05) is 24.3 Å². The van der Waals surface area contributed by atoms with Crippen LogP contribution in [-0.4, -0.2) is 11.1 Å². The molecule has 0 bridgehead atoms. The number of hydrogen-bond donors (Lipinski definition) is 2. The van der Waals surface area contributed by atoms with Crippen molar-refractivity contribution in [1.82, 2.24) is 5.32 Å². The van der Waals surface area contributed by atoms with E-state index < -0.39 is 5.97 Å². The first-order chi connectivity index (χ1) is 10.6. The molecular weight excluding hydrogens is 281 g/mol. The fourth-order valence-electron chi connectivity index (χ4n) is 3.02. The van der Waals surface area contributed by atoms with Gasteiger partial charge in [-0.2, -0.15) is 0 Å². The Morgan fingerprint density at radius 1 is 1.23 bits per heavy atom. The molecule has 2 aromatic carbocycles. The molecule has 4 heteroatoms. The maximum absolute atomic E-state index is 13.8. The summed E-state index contributed by atoms with van der Waals surface area (Å²) in [5.41, 5.74) is 3.18. The number of nitrogens with one attached hydrogen (secondary N) is 1. The average molecular weight is 299 g/mol. The van der Waals surface area contributed by atoms with Crippen molar-refractivity contribution in [3.05, 3.63) is 70.5 Å². The highest BCUT2D eigenvalue weighted by Crippen LogP contribution is 2.31. The Balaban J connectivity index is 1.70. The van der Waals surface area contributed by atoms with Crippen LogP contribution in [0.15, 0.2) is 42.5 Å². The van der Waals surface area contributed by atoms with Gasteiger partial charge < -0.3 is 10.4 Å². The highest BCUT2D eigenvalue weighted by molar-refractivity contribution is 5.87. The van der Waals surface area contributed by atoms with E-state index in [1.165, 1.54) is 6.07 Å². The van der Waals surface area contributed by atoms with Gasteiger partial charge in [0.2, 0.25) is 0 Å². The molecule has 1 atom stereocenters. The number of carbonyl (C=O) groups is 1. The zero-order chi connectivity index (χ0) is 15.5. The highest BCUT2D eigenvalue weighted by atomic mass is 19.1. The number of fused-ring (bicyclic) bond motifs is 1. The van der Waals surface area contributed by atoms with Crippen LogP contribution in [0.2, 0.25) is 0 Å². The normalized spacial score (nSPS) is 17.0. The minimum Gasteiger partial charge on any atom is -0.478 e. The van der Waals surface area contributed by atoms with E-state index in [9.17, 15) is 9.18 Å². The fraction of sp³-hybridized carbons (Fsp3) is 0.278. The molecule has 2 aromatic rings. The van der Waals surface area contributed by atoms with E-state index in [-0.39, 0.29) is 17.4 Å². The van der Waals surface area contributed by atoms with E-state index in [0.29, 0.717) is 6.54 Å². The topological polar surface area (TPSA) is 49.3 Å². The van der Waals surface area contributed by atoms with Crippen LogP contribution in [0.3, 0.4) is 0 Å². The molecule has 0 spiro atoms. The van der Waals surface area contributed by atoms with Gasteiger partial charge in [-0.3, -0.25) is 0 Å². The summed E-state index contributed by atoms with van der Waals surface area (Å²) in [6.07, 6.45) is 2.76. The lowest BCUT2D eigenvalue weighted by atomic mass is 9.87. The Bertz CT molecular complexity index is 682. The van der Waals surface area contributed by atoms with E-state index in [1.54, 1.807) is 18.2 Å². The van der Waals surface area contributed by atoms with Gasteiger partial charge in [-0.05, 0) is 54.2 Å². The third-order valence-corrected chi connectivity index (χ3v) is 4.20. The molecule has 114 valence electrons. The molecule has 0 amide bonds. The maximum atomic E-state index is 13.8. The van der Waals surface area contributed by atoms with Gasteiger partial charge in [-0.25, -0.2) is 9.18 Å². The standard InChI is InChI=1S/C18H18FNO2/c19-16-5-1-4-15-14(16)3-2-6-17(15)20-11-12-7-9-13(10-8-12)18(21)22/h1,4-5,7-10,17,20H,2-3,6,11H2,(H,21,22). The summed E-state index contributed by atoms with van der Waals surface area (Å²) >= 11 is 0. The molecule has 1 aliphatic carbocycles. The van der Waals surface area contributed by atoms with Crippen molar-refractivity contribution >= 4 is 5.97 Å². The number of carboxylic acids is 1. The van der Waals surface area contributed by atoms with Crippen molar-refractivity contribution in [2.75, 3.05) is 0 Å². The molecule has 0 radical (unpaired) electrons. The first kappa shape index (κ1) is 14.7. The summed E-state index contributed by atoms with van der Waals surface area (Å²) in [6.45, 7) is 0.639. The number of hydrogen-bond acceptors (Lipinski definition) is 2. The van der Waals surface area contributed by atoms with E-state index in [0.717, 1.165) is 36.0 Å². The molecule has 2 N–H and O–H groups in total. The second kappa shape index (κ2) is 6.28. The predicted octanol–water partition coefficient (Wildman–Crippen LogP) is 3.69. The molecular formula is C18H18FNO2. The Labute approximate surface area is 128 Å². The van der Waals surface area contributed by atoms with Crippen molar-refractivity contribution in [2.24, 2.45) is 0 Å². The van der Waals surface area contributed by atoms with Gasteiger partial charge in [0.05, 0.1) is 5.56 Å². The molecule has 0 aliphatic heterocycles. The summed E-state index contributed by atoms with van der Waals surface area (Å²) in [5.74, 6) is -1.04. The number of aromatic carboxylic acids is 1. The van der Waals surface area contributed by atoms with E-state index in [1.807, 2.05) is 18.2 Å². The van der Waals surface area contributed by atoms with Crippen LogP contribution in [0.5, 0.6) is 0 Å². The van der Waals surface area contributed by atoms with Crippen LogP contribution in [0, 0.1) is 5.82 Å². The first-order valence-electron chi connectivity index (χ1n) is 7.48. The second-order valence-electron chi connectivity index (χ2n) is 5.64. The summed E-state index contributed by atoms with van der Waals surface area (Å²) < 4.78 is 13.8. The molecule has 0 saturated carbocycles. The van der Waals surface area contributed by atoms with Crippen LogP contribution in [-0.2, 0) is 13.0 Å². The third-order valence-electron chi connectivity index (χ3n) is 4.20. The molecule has 1 aliphatic rings. The van der Waals surface area contributed by atoms with Crippen molar-refractivity contribution < 1.29 is 14.3 Å². The summed E-state index contributed by atoms with van der Waals surface area (Å²) in [5, 5.41) is 12.3. The third kappa shape index (κ3) is 3.02. The molecule has 0 fully saturated rings. The van der Waals surface area contributed by atoms with Crippen LogP contribution < -0.4 is 5.32 Å². The van der Waals surface area contributed by atoms with Crippen LogP contribution in [0.25, 0.3) is 0 Å². The van der Waals surface area contributed by atoms with E-state index >= 15 is 0 Å². The minimum atomic E-state index is -0.920. The van der Waals surface area contributed by atoms with Gasteiger partial charge in [-0.15, -0.1) is 0 Å². The molecule has 22 heavy (non-hydrogen) atoms. The molecule has 3 nitrogen and oxygen atoms in total. The maximum Gasteiger partial charge on any atom is 0.335 e. The Hall–Kier alpha value is -2.20. The van der Waals surface area contributed by atoms with Crippen LogP contribution in [0.1, 0.15) is 45.9 Å². The van der Waals surface area contributed by atoms with Gasteiger partial charge in [0.25, 0.3) is 0 Å². The minimum absolute atomic E-state index is 0.116. The van der Waals surface area contributed by atoms with Crippen LogP contribution >= 0.6 is 0 Å². The Kier molecular flexibility index (Phi) is 4.20. The lowest BCUT2D eigenvalue weighted by Crippen LogP contribution is -2.25. The molecule has 0 heterocycles. The molecule has 0 aromatic heterocycles. The van der Waals surface area contributed by atoms with Gasteiger partial charge in [0, 0.05) is 12.6 Å². The first-order valence-corrected chi connectivity index (χ1v) is 7.48. The van der Waals surface area contributed by atoms with Crippen LogP contribution in [0.4, 0.5) is 4.39 Å². The monoisotopic (exact) mass is 299 g/mol.